The van der Waals surface area contributed by atoms with Gasteiger partial charge in [0.2, 0.25) is 0 Å². The second-order valence-corrected chi connectivity index (χ2v) is 5.91. The molecule has 1 atom stereocenters. The van der Waals surface area contributed by atoms with Gasteiger partial charge in [-0.3, -0.25) is 0 Å². The molecular weight excluding hydrogens is 212 g/mol. The quantitative estimate of drug-likeness (QED) is 0.810. The van der Waals surface area contributed by atoms with Crippen LogP contribution in [0.25, 0.3) is 0 Å². The van der Waals surface area contributed by atoms with Gasteiger partial charge in [-0.2, -0.15) is 0 Å². The first-order valence-corrected chi connectivity index (χ1v) is 7.30. The smallest absolute Gasteiger partial charge is 0.0712 e. The molecule has 2 aliphatic heterocycles. The lowest BCUT2D eigenvalue weighted by molar-refractivity contribution is 0.0146. The molecule has 2 aliphatic rings. The van der Waals surface area contributed by atoms with Gasteiger partial charge >= 0.3 is 0 Å². The maximum absolute atomic E-state index is 5.74. The number of hydrogen-bond donors (Lipinski definition) is 1. The van der Waals surface area contributed by atoms with Crippen LogP contribution in [0.2, 0.25) is 0 Å². The summed E-state index contributed by atoms with van der Waals surface area (Å²) in [5.41, 5.74) is 0. The summed E-state index contributed by atoms with van der Waals surface area (Å²) in [5, 5.41) is 3.40. The Hall–Kier alpha value is -0.120. The van der Waals surface area contributed by atoms with Gasteiger partial charge in [0.15, 0.2) is 0 Å². The van der Waals surface area contributed by atoms with Crippen molar-refractivity contribution in [2.45, 2.75) is 39.2 Å². The lowest BCUT2D eigenvalue weighted by Gasteiger charge is -2.35. The Kier molecular flexibility index (Phi) is 5.26. The Morgan fingerprint density at radius 3 is 2.65 bits per heavy atom. The number of rotatable bonds is 4. The molecule has 100 valence electrons. The van der Waals surface area contributed by atoms with Gasteiger partial charge in [0.25, 0.3) is 0 Å². The fourth-order valence-corrected chi connectivity index (χ4v) is 2.97. The molecule has 0 bridgehead atoms. The zero-order valence-electron chi connectivity index (χ0n) is 11.5. The molecular formula is C14H28N2O. The normalized spacial score (nSPS) is 28.8. The molecule has 0 aromatic carbocycles. The van der Waals surface area contributed by atoms with Crippen LogP contribution in [0.1, 0.15) is 33.1 Å². The van der Waals surface area contributed by atoms with Crippen molar-refractivity contribution in [2.75, 3.05) is 39.3 Å². The van der Waals surface area contributed by atoms with Crippen molar-refractivity contribution < 1.29 is 4.74 Å². The van der Waals surface area contributed by atoms with Crippen LogP contribution < -0.4 is 5.32 Å². The van der Waals surface area contributed by atoms with Crippen molar-refractivity contribution in [3.63, 3.8) is 0 Å². The fourth-order valence-electron chi connectivity index (χ4n) is 2.97. The van der Waals surface area contributed by atoms with Crippen LogP contribution in [0.3, 0.4) is 0 Å². The Morgan fingerprint density at radius 2 is 2.06 bits per heavy atom. The van der Waals surface area contributed by atoms with E-state index in [4.69, 9.17) is 4.74 Å². The van der Waals surface area contributed by atoms with Crippen molar-refractivity contribution in [2.24, 2.45) is 11.8 Å². The number of piperidine rings is 1. The van der Waals surface area contributed by atoms with Crippen molar-refractivity contribution in [1.82, 2.24) is 10.2 Å². The summed E-state index contributed by atoms with van der Waals surface area (Å²) in [6.07, 6.45) is 4.42. The highest BCUT2D eigenvalue weighted by molar-refractivity contribution is 4.76. The molecule has 2 saturated heterocycles. The van der Waals surface area contributed by atoms with E-state index in [0.717, 1.165) is 31.5 Å². The average Bonchev–Trinajstić information content (AvgIpc) is 2.38. The highest BCUT2D eigenvalue weighted by Gasteiger charge is 2.22. The molecule has 2 fully saturated rings. The molecule has 3 heteroatoms. The second kappa shape index (κ2) is 6.72. The predicted molar refractivity (Wildman–Crippen MR) is 71.2 cm³/mol. The number of nitrogens with one attached hydrogen (secondary N) is 1. The van der Waals surface area contributed by atoms with Gasteiger partial charge in [0.1, 0.15) is 0 Å². The summed E-state index contributed by atoms with van der Waals surface area (Å²) in [5.74, 6) is 1.82. The molecule has 3 nitrogen and oxygen atoms in total. The van der Waals surface area contributed by atoms with E-state index in [9.17, 15) is 0 Å². The van der Waals surface area contributed by atoms with Crippen LogP contribution in [-0.2, 0) is 4.74 Å². The Labute approximate surface area is 106 Å². The standard InChI is InChI=1S/C14H28N2O/c1-12(2)13-3-7-16(8-4-13)9-5-14-11-15-6-10-17-14/h12-15H,3-11H2,1-2H3. The van der Waals surface area contributed by atoms with E-state index in [1.807, 2.05) is 0 Å². The summed E-state index contributed by atoms with van der Waals surface area (Å²) in [6.45, 7) is 11.5. The Morgan fingerprint density at radius 1 is 1.29 bits per heavy atom. The van der Waals surface area contributed by atoms with Crippen LogP contribution >= 0.6 is 0 Å². The molecule has 0 amide bonds. The number of hydrogen-bond acceptors (Lipinski definition) is 3. The minimum absolute atomic E-state index is 0.451. The highest BCUT2D eigenvalue weighted by Crippen LogP contribution is 2.24. The topological polar surface area (TPSA) is 24.5 Å². The lowest BCUT2D eigenvalue weighted by Crippen LogP contribution is -2.42. The van der Waals surface area contributed by atoms with E-state index in [2.05, 4.69) is 24.1 Å². The van der Waals surface area contributed by atoms with Gasteiger partial charge in [-0.05, 0) is 44.2 Å². The molecule has 0 aliphatic carbocycles. The monoisotopic (exact) mass is 240 g/mol. The largest absolute Gasteiger partial charge is 0.376 e. The Balaban J connectivity index is 1.61. The van der Waals surface area contributed by atoms with E-state index in [1.165, 1.54) is 38.9 Å². The van der Waals surface area contributed by atoms with E-state index >= 15 is 0 Å². The molecule has 1 N–H and O–H groups in total. The molecule has 0 saturated carbocycles. The third-order valence-electron chi connectivity index (χ3n) is 4.35. The summed E-state index contributed by atoms with van der Waals surface area (Å²) in [7, 11) is 0. The third-order valence-corrected chi connectivity index (χ3v) is 4.35. The zero-order chi connectivity index (χ0) is 12.1. The van der Waals surface area contributed by atoms with Crippen LogP contribution in [-0.4, -0.2) is 50.3 Å². The average molecular weight is 240 g/mol. The van der Waals surface area contributed by atoms with Gasteiger partial charge in [-0.15, -0.1) is 0 Å². The van der Waals surface area contributed by atoms with Gasteiger partial charge in [-0.25, -0.2) is 0 Å². The molecule has 0 aromatic rings. The molecule has 1 unspecified atom stereocenters. The van der Waals surface area contributed by atoms with Crippen LogP contribution in [0, 0.1) is 11.8 Å². The van der Waals surface area contributed by atoms with Gasteiger partial charge in [0, 0.05) is 19.6 Å². The maximum Gasteiger partial charge on any atom is 0.0712 e. The lowest BCUT2D eigenvalue weighted by atomic mass is 9.86. The fraction of sp³-hybridized carbons (Fsp3) is 1.00. The number of ether oxygens (including phenoxy) is 1. The molecule has 0 radical (unpaired) electrons. The Bertz CT molecular complexity index is 206. The highest BCUT2D eigenvalue weighted by atomic mass is 16.5. The first-order chi connectivity index (χ1) is 8.25. The van der Waals surface area contributed by atoms with Crippen molar-refractivity contribution in [1.29, 1.82) is 0 Å². The summed E-state index contributed by atoms with van der Waals surface area (Å²) < 4.78 is 5.74. The predicted octanol–water partition coefficient (Wildman–Crippen LogP) is 1.73. The first kappa shape index (κ1) is 13.3. The molecule has 2 heterocycles. The van der Waals surface area contributed by atoms with Crippen molar-refractivity contribution >= 4 is 0 Å². The van der Waals surface area contributed by atoms with Gasteiger partial charge in [0.05, 0.1) is 12.7 Å². The van der Waals surface area contributed by atoms with E-state index in [-0.39, 0.29) is 0 Å². The molecule has 0 spiro atoms. The van der Waals surface area contributed by atoms with Crippen molar-refractivity contribution in [3.05, 3.63) is 0 Å². The zero-order valence-corrected chi connectivity index (χ0v) is 11.5. The van der Waals surface area contributed by atoms with Gasteiger partial charge < -0.3 is 15.0 Å². The van der Waals surface area contributed by atoms with Crippen LogP contribution in [0.15, 0.2) is 0 Å². The van der Waals surface area contributed by atoms with E-state index in [0.29, 0.717) is 6.10 Å². The SMILES string of the molecule is CC(C)C1CCN(CCC2CNCCO2)CC1. The number of likely N-dealkylation sites (tertiary alicyclic amines) is 1. The summed E-state index contributed by atoms with van der Waals surface area (Å²) in [4.78, 5) is 2.62. The minimum atomic E-state index is 0.451. The summed E-state index contributed by atoms with van der Waals surface area (Å²) in [6, 6.07) is 0. The third kappa shape index (κ3) is 4.23. The van der Waals surface area contributed by atoms with Crippen LogP contribution in [0.5, 0.6) is 0 Å². The molecule has 0 aromatic heterocycles. The maximum atomic E-state index is 5.74. The first-order valence-electron chi connectivity index (χ1n) is 7.30. The van der Waals surface area contributed by atoms with Gasteiger partial charge in [-0.1, -0.05) is 13.8 Å². The number of nitrogens with zero attached hydrogens (tertiary/aromatic N) is 1. The molecule has 2 rings (SSSR count). The van der Waals surface area contributed by atoms with Crippen LogP contribution in [0.4, 0.5) is 0 Å². The van der Waals surface area contributed by atoms with E-state index < -0.39 is 0 Å². The van der Waals surface area contributed by atoms with Crippen molar-refractivity contribution in [3.8, 4) is 0 Å². The number of morpholine rings is 1. The molecule has 17 heavy (non-hydrogen) atoms. The second-order valence-electron chi connectivity index (χ2n) is 5.91. The summed E-state index contributed by atoms with van der Waals surface area (Å²) >= 11 is 0. The van der Waals surface area contributed by atoms with E-state index in [1.54, 1.807) is 0 Å². The minimum Gasteiger partial charge on any atom is -0.376 e.